The van der Waals surface area contributed by atoms with Gasteiger partial charge in [0.15, 0.2) is 0 Å². The molecular formula is C13H11F3N2O. The van der Waals surface area contributed by atoms with Crippen LogP contribution < -0.4 is 10.5 Å². The number of aromatic nitrogens is 1. The monoisotopic (exact) mass is 268 g/mol. The third-order valence-electron chi connectivity index (χ3n) is 2.39. The molecule has 0 aliphatic heterocycles. The molecule has 19 heavy (non-hydrogen) atoms. The highest BCUT2D eigenvalue weighted by Crippen LogP contribution is 2.33. The van der Waals surface area contributed by atoms with Crippen molar-refractivity contribution in [2.45, 2.75) is 13.1 Å². The van der Waals surface area contributed by atoms with Gasteiger partial charge in [0.05, 0.1) is 5.56 Å². The van der Waals surface area contributed by atoms with Crippen molar-refractivity contribution in [2.75, 3.05) is 5.73 Å². The van der Waals surface area contributed by atoms with Crippen molar-refractivity contribution in [3.63, 3.8) is 0 Å². The highest BCUT2D eigenvalue weighted by atomic mass is 19.4. The van der Waals surface area contributed by atoms with Crippen LogP contribution in [0.1, 0.15) is 11.1 Å². The maximum atomic E-state index is 12.6. The summed E-state index contributed by atoms with van der Waals surface area (Å²) in [5, 5.41) is 0. The number of nitrogen functional groups attached to an aromatic ring is 1. The van der Waals surface area contributed by atoms with Crippen LogP contribution in [0.2, 0.25) is 0 Å². The standard InChI is InChI=1S/C13H11F3N2O/c1-8-2-4-10(5-3-8)19-12-7-9(13(14,15)16)6-11(17)18-12/h2-7H,1H3,(H2,17,18). The molecule has 2 N–H and O–H groups in total. The number of pyridine rings is 1. The Morgan fingerprint density at radius 1 is 1.11 bits per heavy atom. The van der Waals surface area contributed by atoms with Crippen LogP contribution in [0.3, 0.4) is 0 Å². The van der Waals surface area contributed by atoms with Gasteiger partial charge < -0.3 is 10.5 Å². The molecule has 0 radical (unpaired) electrons. The molecule has 0 aliphatic rings. The summed E-state index contributed by atoms with van der Waals surface area (Å²) in [5.41, 5.74) is 5.47. The molecule has 0 amide bonds. The van der Waals surface area contributed by atoms with Gasteiger partial charge in [-0.25, -0.2) is 0 Å². The van der Waals surface area contributed by atoms with Gasteiger partial charge in [0.25, 0.3) is 0 Å². The van der Waals surface area contributed by atoms with Gasteiger partial charge >= 0.3 is 6.18 Å². The van der Waals surface area contributed by atoms with E-state index in [0.717, 1.165) is 17.7 Å². The molecule has 0 aliphatic carbocycles. The number of halogens is 3. The fourth-order valence-corrected chi connectivity index (χ4v) is 1.47. The molecule has 1 aromatic heterocycles. The molecule has 100 valence electrons. The first-order chi connectivity index (χ1) is 8.84. The molecule has 0 unspecified atom stereocenters. The molecule has 3 nitrogen and oxygen atoms in total. The number of nitrogens with zero attached hydrogens (tertiary/aromatic N) is 1. The van der Waals surface area contributed by atoms with E-state index in [1.165, 1.54) is 0 Å². The van der Waals surface area contributed by atoms with Gasteiger partial charge in [-0.2, -0.15) is 18.2 Å². The average Bonchev–Trinajstić information content (AvgIpc) is 2.30. The number of alkyl halides is 3. The Balaban J connectivity index is 2.30. The van der Waals surface area contributed by atoms with Crippen LogP contribution in [0.5, 0.6) is 11.6 Å². The number of benzene rings is 1. The van der Waals surface area contributed by atoms with Crippen molar-refractivity contribution in [3.05, 3.63) is 47.5 Å². The Morgan fingerprint density at radius 2 is 1.74 bits per heavy atom. The molecule has 6 heteroatoms. The minimum Gasteiger partial charge on any atom is -0.439 e. The Labute approximate surface area is 107 Å². The van der Waals surface area contributed by atoms with E-state index in [4.69, 9.17) is 10.5 Å². The lowest BCUT2D eigenvalue weighted by Gasteiger charge is -2.10. The Bertz CT molecular complexity index is 579. The van der Waals surface area contributed by atoms with E-state index < -0.39 is 11.7 Å². The number of anilines is 1. The van der Waals surface area contributed by atoms with E-state index in [0.29, 0.717) is 5.75 Å². The maximum Gasteiger partial charge on any atom is 0.416 e. The summed E-state index contributed by atoms with van der Waals surface area (Å²) >= 11 is 0. The summed E-state index contributed by atoms with van der Waals surface area (Å²) in [7, 11) is 0. The lowest BCUT2D eigenvalue weighted by atomic mass is 10.2. The molecule has 2 rings (SSSR count). The summed E-state index contributed by atoms with van der Waals surface area (Å²) in [6.45, 7) is 1.89. The number of ether oxygens (including phenoxy) is 1. The highest BCUT2D eigenvalue weighted by Gasteiger charge is 2.31. The van der Waals surface area contributed by atoms with Crippen LogP contribution in [0, 0.1) is 6.92 Å². The van der Waals surface area contributed by atoms with Crippen LogP contribution >= 0.6 is 0 Å². The van der Waals surface area contributed by atoms with Gasteiger partial charge in [0.1, 0.15) is 11.6 Å². The molecule has 0 saturated heterocycles. The third kappa shape index (κ3) is 3.37. The third-order valence-corrected chi connectivity index (χ3v) is 2.39. The minimum absolute atomic E-state index is 0.184. The van der Waals surface area contributed by atoms with Gasteiger partial charge in [-0.3, -0.25) is 0 Å². The topological polar surface area (TPSA) is 48.1 Å². The lowest BCUT2D eigenvalue weighted by Crippen LogP contribution is -2.07. The molecule has 2 aromatic rings. The van der Waals surface area contributed by atoms with E-state index in [-0.39, 0.29) is 11.7 Å². The van der Waals surface area contributed by atoms with E-state index >= 15 is 0 Å². The molecule has 1 heterocycles. The fourth-order valence-electron chi connectivity index (χ4n) is 1.47. The first-order valence-electron chi connectivity index (χ1n) is 5.44. The van der Waals surface area contributed by atoms with E-state index in [2.05, 4.69) is 4.98 Å². The van der Waals surface area contributed by atoms with Crippen LogP contribution in [-0.4, -0.2) is 4.98 Å². The van der Waals surface area contributed by atoms with Gasteiger partial charge in [-0.15, -0.1) is 0 Å². The second-order valence-corrected chi connectivity index (χ2v) is 4.03. The van der Waals surface area contributed by atoms with Crippen molar-refractivity contribution in [2.24, 2.45) is 0 Å². The molecule has 0 atom stereocenters. The molecule has 0 saturated carbocycles. The van der Waals surface area contributed by atoms with Crippen molar-refractivity contribution in [3.8, 4) is 11.6 Å². The Kier molecular flexibility index (Phi) is 3.33. The zero-order valence-electron chi connectivity index (χ0n) is 10.0. The molecule has 1 aromatic carbocycles. The van der Waals surface area contributed by atoms with Crippen molar-refractivity contribution >= 4 is 5.82 Å². The number of nitrogens with two attached hydrogens (primary N) is 1. The summed E-state index contributed by atoms with van der Waals surface area (Å²) in [6, 6.07) is 8.44. The van der Waals surface area contributed by atoms with Crippen molar-refractivity contribution in [1.29, 1.82) is 0 Å². The minimum atomic E-state index is -4.48. The SMILES string of the molecule is Cc1ccc(Oc2cc(C(F)(F)F)cc(N)n2)cc1. The maximum absolute atomic E-state index is 12.6. The van der Waals surface area contributed by atoms with E-state index in [9.17, 15) is 13.2 Å². The number of aryl methyl sites for hydroxylation is 1. The van der Waals surface area contributed by atoms with Crippen LogP contribution in [0.15, 0.2) is 36.4 Å². The number of rotatable bonds is 2. The fraction of sp³-hybridized carbons (Fsp3) is 0.154. The summed E-state index contributed by atoms with van der Waals surface area (Å²) in [6.07, 6.45) is -4.48. The van der Waals surface area contributed by atoms with Crippen LogP contribution in [-0.2, 0) is 6.18 Å². The van der Waals surface area contributed by atoms with Crippen molar-refractivity contribution in [1.82, 2.24) is 4.98 Å². The molecule has 0 fully saturated rings. The van der Waals surface area contributed by atoms with Gasteiger partial charge in [-0.05, 0) is 25.1 Å². The predicted molar refractivity (Wildman–Crippen MR) is 64.9 cm³/mol. The summed E-state index contributed by atoms with van der Waals surface area (Å²) in [5.74, 6) is -0.0232. The van der Waals surface area contributed by atoms with E-state index in [1.807, 2.05) is 6.92 Å². The average molecular weight is 268 g/mol. The van der Waals surface area contributed by atoms with Crippen LogP contribution in [0.25, 0.3) is 0 Å². The normalized spacial score (nSPS) is 11.4. The van der Waals surface area contributed by atoms with E-state index in [1.54, 1.807) is 24.3 Å². The highest BCUT2D eigenvalue weighted by molar-refractivity contribution is 5.40. The van der Waals surface area contributed by atoms with Gasteiger partial charge in [0, 0.05) is 6.07 Å². The zero-order chi connectivity index (χ0) is 14.0. The Hall–Kier alpha value is -2.24. The zero-order valence-corrected chi connectivity index (χ0v) is 10.0. The molecule has 0 spiro atoms. The second kappa shape index (κ2) is 4.79. The van der Waals surface area contributed by atoms with Gasteiger partial charge in [-0.1, -0.05) is 17.7 Å². The molecule has 0 bridgehead atoms. The summed E-state index contributed by atoms with van der Waals surface area (Å²) < 4.78 is 43.1. The largest absolute Gasteiger partial charge is 0.439 e. The van der Waals surface area contributed by atoms with Crippen molar-refractivity contribution < 1.29 is 17.9 Å². The second-order valence-electron chi connectivity index (χ2n) is 4.03. The smallest absolute Gasteiger partial charge is 0.416 e. The predicted octanol–water partition coefficient (Wildman–Crippen LogP) is 3.78. The molecular weight excluding hydrogens is 257 g/mol. The summed E-state index contributed by atoms with van der Waals surface area (Å²) in [4.78, 5) is 3.72. The quantitative estimate of drug-likeness (QED) is 0.901. The first kappa shape index (κ1) is 13.2. The van der Waals surface area contributed by atoms with Gasteiger partial charge in [0.2, 0.25) is 5.88 Å². The Morgan fingerprint density at radius 3 is 2.32 bits per heavy atom. The number of hydrogen-bond acceptors (Lipinski definition) is 3. The van der Waals surface area contributed by atoms with Crippen LogP contribution in [0.4, 0.5) is 19.0 Å². The lowest BCUT2D eigenvalue weighted by molar-refractivity contribution is -0.137. The first-order valence-corrected chi connectivity index (χ1v) is 5.44. The number of hydrogen-bond donors (Lipinski definition) is 1.